The van der Waals surface area contributed by atoms with Crippen LogP contribution in [-0.4, -0.2) is 51.9 Å². The Bertz CT molecular complexity index is 1850. The first-order valence-electron chi connectivity index (χ1n) is 14.5. The van der Waals surface area contributed by atoms with E-state index in [1.165, 1.54) is 19.2 Å². The summed E-state index contributed by atoms with van der Waals surface area (Å²) in [7, 11) is 1.53. The van der Waals surface area contributed by atoms with Gasteiger partial charge in [0.1, 0.15) is 46.1 Å². The smallest absolute Gasteiger partial charge is 0.251 e. The van der Waals surface area contributed by atoms with E-state index in [4.69, 9.17) is 31.8 Å². The van der Waals surface area contributed by atoms with Crippen LogP contribution in [0.1, 0.15) is 60.3 Å². The van der Waals surface area contributed by atoms with Crippen LogP contribution in [0.3, 0.4) is 0 Å². The number of aliphatic hydroxyl groups is 1. The number of ether oxygens (including phenoxy) is 2. The average Bonchev–Trinajstić information content (AvgIpc) is 3.96. The topological polar surface area (TPSA) is 142 Å². The van der Waals surface area contributed by atoms with Gasteiger partial charge in [0.05, 0.1) is 30.4 Å². The Hall–Kier alpha value is -4.22. The summed E-state index contributed by atoms with van der Waals surface area (Å²) in [4.78, 5) is 30.9. The van der Waals surface area contributed by atoms with E-state index in [9.17, 15) is 19.1 Å². The van der Waals surface area contributed by atoms with Crippen molar-refractivity contribution in [2.24, 2.45) is 11.7 Å². The normalized spacial score (nSPS) is 20.6. The second-order valence-electron chi connectivity index (χ2n) is 12.2. The van der Waals surface area contributed by atoms with Crippen molar-refractivity contribution in [2.75, 3.05) is 20.3 Å². The molecule has 1 unspecified atom stereocenters. The quantitative estimate of drug-likeness (QED) is 0.252. The van der Waals surface area contributed by atoms with Gasteiger partial charge in [0.2, 0.25) is 5.91 Å². The second kappa shape index (κ2) is 10.2. The lowest BCUT2D eigenvalue weighted by Gasteiger charge is -2.30. The molecule has 0 bridgehead atoms. The summed E-state index contributed by atoms with van der Waals surface area (Å²) in [6, 6.07) is 9.60. The van der Waals surface area contributed by atoms with Gasteiger partial charge in [0.25, 0.3) is 5.91 Å². The van der Waals surface area contributed by atoms with Gasteiger partial charge in [-0.05, 0) is 68.9 Å². The van der Waals surface area contributed by atoms with Gasteiger partial charge in [-0.25, -0.2) is 9.37 Å². The van der Waals surface area contributed by atoms with Crippen molar-refractivity contribution in [1.82, 2.24) is 20.1 Å². The molecule has 2 atom stereocenters. The third kappa shape index (κ3) is 4.66. The van der Waals surface area contributed by atoms with Crippen molar-refractivity contribution < 1.29 is 28.6 Å². The molecular weight excluding hydrogens is 589 g/mol. The highest BCUT2D eigenvalue weighted by atomic mass is 35.5. The van der Waals surface area contributed by atoms with Crippen LogP contribution in [0, 0.1) is 11.7 Å². The highest BCUT2D eigenvalue weighted by Crippen LogP contribution is 2.50. The SMILES string of the molecule is COc1cc(C(=O)NCC(O)(c2cc3c(c(-c4ccc(Cl)c(F)c4)n2)OC[C@]3(C)C(N)=O)C2CC2)cc2cn(C3CC3)nc12. The molecule has 0 radical (unpaired) electrons. The number of carbonyl (C=O) groups is 2. The number of aromatic nitrogens is 3. The number of benzene rings is 2. The zero-order valence-electron chi connectivity index (χ0n) is 24.2. The van der Waals surface area contributed by atoms with E-state index in [1.54, 1.807) is 31.2 Å². The molecule has 1 aliphatic heterocycles. The number of rotatable bonds is 9. The Morgan fingerprint density at radius 2 is 2.02 bits per heavy atom. The molecule has 7 rings (SSSR count). The van der Waals surface area contributed by atoms with Gasteiger partial charge in [-0.1, -0.05) is 17.7 Å². The lowest BCUT2D eigenvalue weighted by atomic mass is 9.81. The van der Waals surface area contributed by atoms with E-state index in [-0.39, 0.29) is 41.2 Å². The molecule has 2 aromatic heterocycles. The lowest BCUT2D eigenvalue weighted by Crippen LogP contribution is -2.44. The molecule has 2 aliphatic carbocycles. The Morgan fingerprint density at radius 3 is 2.68 bits per heavy atom. The summed E-state index contributed by atoms with van der Waals surface area (Å²) in [6.07, 6.45) is 5.47. The number of methoxy groups -OCH3 is 1. The third-order valence-electron chi connectivity index (χ3n) is 9.02. The van der Waals surface area contributed by atoms with Crippen LogP contribution in [0.15, 0.2) is 42.6 Å². The van der Waals surface area contributed by atoms with Crippen LogP contribution in [0.5, 0.6) is 11.5 Å². The number of fused-ring (bicyclic) bond motifs is 2. The van der Waals surface area contributed by atoms with Crippen molar-refractivity contribution in [3.8, 4) is 22.8 Å². The van der Waals surface area contributed by atoms with Crippen molar-refractivity contribution in [3.63, 3.8) is 0 Å². The van der Waals surface area contributed by atoms with E-state index in [0.717, 1.165) is 18.2 Å². The minimum absolute atomic E-state index is 0.0356. The number of nitrogens with one attached hydrogen (secondary N) is 1. The fraction of sp³-hybridized carbons (Fsp3) is 0.375. The number of halogens is 2. The zero-order chi connectivity index (χ0) is 31.0. The number of nitrogens with two attached hydrogens (primary N) is 1. The highest BCUT2D eigenvalue weighted by molar-refractivity contribution is 6.30. The molecule has 4 aromatic rings. The van der Waals surface area contributed by atoms with Crippen molar-refractivity contribution >= 4 is 34.3 Å². The number of amides is 2. The number of hydrogen-bond donors (Lipinski definition) is 3. The predicted molar refractivity (Wildman–Crippen MR) is 160 cm³/mol. The van der Waals surface area contributed by atoms with Gasteiger partial charge >= 0.3 is 0 Å². The number of primary amides is 1. The van der Waals surface area contributed by atoms with Crippen LogP contribution < -0.4 is 20.5 Å². The number of nitrogens with zero attached hydrogens (tertiary/aromatic N) is 3. The van der Waals surface area contributed by atoms with E-state index in [0.29, 0.717) is 46.8 Å². The second-order valence-corrected chi connectivity index (χ2v) is 12.6. The first-order valence-corrected chi connectivity index (χ1v) is 14.9. The molecule has 2 saturated carbocycles. The molecule has 2 amide bonds. The minimum Gasteiger partial charge on any atom is -0.494 e. The van der Waals surface area contributed by atoms with Crippen molar-refractivity contribution in [3.05, 3.63) is 70.3 Å². The fourth-order valence-electron chi connectivity index (χ4n) is 5.90. The molecule has 2 aromatic carbocycles. The van der Waals surface area contributed by atoms with Gasteiger partial charge in [-0.3, -0.25) is 14.3 Å². The molecule has 3 heterocycles. The van der Waals surface area contributed by atoms with Crippen LogP contribution in [0.4, 0.5) is 4.39 Å². The van der Waals surface area contributed by atoms with Gasteiger partial charge in [0, 0.05) is 28.3 Å². The molecule has 10 nitrogen and oxygen atoms in total. The van der Waals surface area contributed by atoms with Crippen LogP contribution in [0.2, 0.25) is 5.02 Å². The maximum absolute atomic E-state index is 14.6. The lowest BCUT2D eigenvalue weighted by molar-refractivity contribution is -0.123. The van der Waals surface area contributed by atoms with E-state index < -0.39 is 28.6 Å². The van der Waals surface area contributed by atoms with E-state index >= 15 is 0 Å². The molecule has 44 heavy (non-hydrogen) atoms. The van der Waals surface area contributed by atoms with Gasteiger partial charge in [-0.15, -0.1) is 0 Å². The van der Waals surface area contributed by atoms with Crippen LogP contribution >= 0.6 is 11.6 Å². The predicted octanol–water partition coefficient (Wildman–Crippen LogP) is 4.40. The summed E-state index contributed by atoms with van der Waals surface area (Å²) in [5.74, 6) is -1.12. The van der Waals surface area contributed by atoms with E-state index in [1.807, 2.05) is 10.9 Å². The maximum atomic E-state index is 14.6. The Morgan fingerprint density at radius 1 is 1.25 bits per heavy atom. The molecule has 2 fully saturated rings. The van der Waals surface area contributed by atoms with Crippen molar-refractivity contribution in [2.45, 2.75) is 49.7 Å². The average molecular weight is 620 g/mol. The summed E-state index contributed by atoms with van der Waals surface area (Å²) in [6.45, 7) is 1.46. The summed E-state index contributed by atoms with van der Waals surface area (Å²) in [5.41, 5.74) is 5.29. The fourth-order valence-corrected chi connectivity index (χ4v) is 6.02. The molecule has 228 valence electrons. The highest BCUT2D eigenvalue weighted by Gasteiger charge is 2.50. The van der Waals surface area contributed by atoms with Crippen molar-refractivity contribution in [1.29, 1.82) is 0 Å². The molecule has 4 N–H and O–H groups in total. The van der Waals surface area contributed by atoms with E-state index in [2.05, 4.69) is 10.4 Å². The van der Waals surface area contributed by atoms with Crippen LogP contribution in [-0.2, 0) is 15.8 Å². The van der Waals surface area contributed by atoms with Gasteiger partial charge in [-0.2, -0.15) is 5.10 Å². The summed E-state index contributed by atoms with van der Waals surface area (Å²) < 4.78 is 27.9. The first kappa shape index (κ1) is 28.5. The molecule has 3 aliphatic rings. The number of pyridine rings is 1. The van der Waals surface area contributed by atoms with Crippen LogP contribution in [0.25, 0.3) is 22.2 Å². The third-order valence-corrected chi connectivity index (χ3v) is 9.33. The minimum atomic E-state index is -1.60. The molecular formula is C32H31ClFN5O5. The summed E-state index contributed by atoms with van der Waals surface area (Å²) in [5, 5.41) is 20.5. The molecule has 12 heteroatoms. The monoisotopic (exact) mass is 619 g/mol. The number of hydrogen-bond acceptors (Lipinski definition) is 7. The number of carbonyl (C=O) groups excluding carboxylic acids is 2. The van der Waals surface area contributed by atoms with Gasteiger partial charge < -0.3 is 25.6 Å². The Kier molecular flexibility index (Phi) is 6.60. The van der Waals surface area contributed by atoms with Gasteiger partial charge in [0.15, 0.2) is 0 Å². The standard InChI is InChI=1S/C32H31ClFN5O5/c1-31(30(35)41)15-44-28-21(31)12-25(37-27(28)16-3-8-22(33)23(34)10-16)32(42,19-4-5-19)14-36-29(40)17-9-18-13-39(20-6-7-20)38-26(18)24(11-17)43-2/h3,8-13,19-20,42H,4-7,14-15H2,1-2H3,(H2,35,41)(H,36,40)/t31-,32?/m0/s1. The molecule has 0 spiro atoms. The maximum Gasteiger partial charge on any atom is 0.251 e. The Labute approximate surface area is 257 Å². The summed E-state index contributed by atoms with van der Waals surface area (Å²) >= 11 is 5.94. The Balaban J connectivity index is 1.26. The zero-order valence-corrected chi connectivity index (χ0v) is 24.9. The largest absolute Gasteiger partial charge is 0.494 e. The first-order chi connectivity index (χ1) is 21.0. The molecule has 0 saturated heterocycles.